The van der Waals surface area contributed by atoms with Gasteiger partial charge in [0.2, 0.25) is 0 Å². The molecule has 0 atom stereocenters. The summed E-state index contributed by atoms with van der Waals surface area (Å²) in [5.41, 5.74) is 0.430. The Bertz CT molecular complexity index is 490. The maximum absolute atomic E-state index is 14.2. The molecule has 1 aliphatic rings. The molecule has 0 aromatic carbocycles. The number of nitrogens with zero attached hydrogens (tertiary/aromatic N) is 3. The van der Waals surface area contributed by atoms with E-state index in [1.165, 1.54) is 6.33 Å². The number of aryl methyl sites for hydroxylation is 1. The highest BCUT2D eigenvalue weighted by atomic mass is 19.1. The Morgan fingerprint density at radius 1 is 1.48 bits per heavy atom. The van der Waals surface area contributed by atoms with E-state index in [9.17, 15) is 9.18 Å². The van der Waals surface area contributed by atoms with Gasteiger partial charge in [0.15, 0.2) is 11.6 Å². The molecule has 0 saturated carbocycles. The van der Waals surface area contributed by atoms with Crippen LogP contribution in [0.1, 0.15) is 31.9 Å². The average Bonchev–Trinajstić information content (AvgIpc) is 2.48. The molecule has 1 N–H and O–H groups in total. The molecule has 0 aliphatic carbocycles. The summed E-state index contributed by atoms with van der Waals surface area (Å²) in [6, 6.07) is 0. The van der Waals surface area contributed by atoms with E-state index < -0.39 is 5.97 Å². The Hall–Kier alpha value is -1.76. The van der Waals surface area contributed by atoms with Gasteiger partial charge < -0.3 is 14.7 Å². The molecule has 2 heterocycles. The van der Waals surface area contributed by atoms with Gasteiger partial charge in [-0.2, -0.15) is 0 Å². The molecule has 116 valence electrons. The highest BCUT2D eigenvalue weighted by Crippen LogP contribution is 2.23. The van der Waals surface area contributed by atoms with Crippen molar-refractivity contribution in [3.63, 3.8) is 0 Å². The third-order valence-electron chi connectivity index (χ3n) is 3.59. The van der Waals surface area contributed by atoms with Crippen molar-refractivity contribution in [2.45, 2.75) is 38.7 Å². The lowest BCUT2D eigenvalue weighted by molar-refractivity contribution is -0.138. The molecular weight excluding hydrogens is 277 g/mol. The van der Waals surface area contributed by atoms with E-state index >= 15 is 0 Å². The minimum absolute atomic E-state index is 0.0145. The van der Waals surface area contributed by atoms with Crippen molar-refractivity contribution >= 4 is 11.8 Å². The summed E-state index contributed by atoms with van der Waals surface area (Å²) >= 11 is 0. The van der Waals surface area contributed by atoms with Gasteiger partial charge >= 0.3 is 5.97 Å². The number of aliphatic carboxylic acids is 1. The van der Waals surface area contributed by atoms with Gasteiger partial charge in [0, 0.05) is 13.1 Å². The van der Waals surface area contributed by atoms with E-state index in [1.54, 1.807) is 0 Å². The van der Waals surface area contributed by atoms with E-state index in [4.69, 9.17) is 9.84 Å². The number of carboxylic acids is 1. The van der Waals surface area contributed by atoms with Crippen LogP contribution in [-0.2, 0) is 16.0 Å². The molecule has 2 rings (SSSR count). The van der Waals surface area contributed by atoms with Crippen LogP contribution in [0, 0.1) is 5.82 Å². The number of hydrogen-bond acceptors (Lipinski definition) is 5. The molecule has 0 spiro atoms. The summed E-state index contributed by atoms with van der Waals surface area (Å²) in [5.74, 6) is -0.848. The Morgan fingerprint density at radius 2 is 2.19 bits per heavy atom. The molecule has 1 saturated heterocycles. The van der Waals surface area contributed by atoms with Gasteiger partial charge in [0.1, 0.15) is 6.33 Å². The maximum atomic E-state index is 14.2. The molecule has 0 amide bonds. The SMILES string of the molecule is CCc1ncnc(N2CCC(OCCC(=O)O)CC2)c1F. The number of rotatable bonds is 6. The van der Waals surface area contributed by atoms with Gasteiger partial charge in [-0.15, -0.1) is 0 Å². The van der Waals surface area contributed by atoms with E-state index in [0.717, 1.165) is 12.8 Å². The predicted molar refractivity (Wildman–Crippen MR) is 74.8 cm³/mol. The topological polar surface area (TPSA) is 75.5 Å². The zero-order valence-corrected chi connectivity index (χ0v) is 12.1. The lowest BCUT2D eigenvalue weighted by atomic mass is 10.1. The first-order valence-corrected chi connectivity index (χ1v) is 7.19. The summed E-state index contributed by atoms with van der Waals surface area (Å²) in [6.45, 7) is 3.38. The fourth-order valence-corrected chi connectivity index (χ4v) is 2.41. The van der Waals surface area contributed by atoms with Crippen LogP contribution in [0.15, 0.2) is 6.33 Å². The molecule has 0 radical (unpaired) electrons. The van der Waals surface area contributed by atoms with Crippen LogP contribution in [0.2, 0.25) is 0 Å². The largest absolute Gasteiger partial charge is 0.481 e. The quantitative estimate of drug-likeness (QED) is 0.860. The van der Waals surface area contributed by atoms with Crippen molar-refractivity contribution in [3.05, 3.63) is 17.8 Å². The molecule has 0 bridgehead atoms. The summed E-state index contributed by atoms with van der Waals surface area (Å²) < 4.78 is 19.7. The van der Waals surface area contributed by atoms with E-state index in [-0.39, 0.29) is 24.9 Å². The number of piperidine rings is 1. The third kappa shape index (κ3) is 4.10. The van der Waals surface area contributed by atoms with Crippen molar-refractivity contribution in [1.29, 1.82) is 0 Å². The number of aromatic nitrogens is 2. The molecule has 21 heavy (non-hydrogen) atoms. The first-order valence-electron chi connectivity index (χ1n) is 7.19. The fourth-order valence-electron chi connectivity index (χ4n) is 2.41. The van der Waals surface area contributed by atoms with Crippen molar-refractivity contribution < 1.29 is 19.0 Å². The molecule has 6 nitrogen and oxygen atoms in total. The van der Waals surface area contributed by atoms with E-state index in [2.05, 4.69) is 9.97 Å². The van der Waals surface area contributed by atoms with Crippen molar-refractivity contribution in [2.75, 3.05) is 24.6 Å². The third-order valence-corrected chi connectivity index (χ3v) is 3.59. The van der Waals surface area contributed by atoms with Crippen LogP contribution < -0.4 is 4.90 Å². The number of halogens is 1. The predicted octanol–water partition coefficient (Wildman–Crippen LogP) is 1.64. The fraction of sp³-hybridized carbons (Fsp3) is 0.643. The second-order valence-electron chi connectivity index (χ2n) is 5.01. The Kier molecular flexibility index (Phi) is 5.44. The normalized spacial score (nSPS) is 16.2. The molecule has 0 unspecified atom stereocenters. The van der Waals surface area contributed by atoms with Crippen LogP contribution in [0.4, 0.5) is 10.2 Å². The Labute approximate surface area is 123 Å². The minimum Gasteiger partial charge on any atom is -0.481 e. The standard InChI is InChI=1S/C14H20FN3O3/c1-2-11-13(15)14(17-9-16-11)18-6-3-10(4-7-18)21-8-5-12(19)20/h9-10H,2-8H2,1H3,(H,19,20). The first kappa shape index (κ1) is 15.6. The summed E-state index contributed by atoms with van der Waals surface area (Å²) in [5, 5.41) is 8.57. The van der Waals surface area contributed by atoms with Gasteiger partial charge in [-0.05, 0) is 19.3 Å². The molecule has 1 aliphatic heterocycles. The maximum Gasteiger partial charge on any atom is 0.305 e. The second-order valence-corrected chi connectivity index (χ2v) is 5.01. The lowest BCUT2D eigenvalue weighted by Gasteiger charge is -2.32. The van der Waals surface area contributed by atoms with Crippen LogP contribution in [0.5, 0.6) is 0 Å². The molecule has 1 aromatic heterocycles. The number of carboxylic acid groups (broad SMARTS) is 1. The Morgan fingerprint density at radius 3 is 2.81 bits per heavy atom. The zero-order chi connectivity index (χ0) is 15.2. The van der Waals surface area contributed by atoms with E-state index in [1.807, 2.05) is 11.8 Å². The van der Waals surface area contributed by atoms with Crippen molar-refractivity contribution in [2.24, 2.45) is 0 Å². The second kappa shape index (κ2) is 7.31. The molecule has 1 fully saturated rings. The van der Waals surface area contributed by atoms with Crippen LogP contribution >= 0.6 is 0 Å². The molecular formula is C14H20FN3O3. The number of carbonyl (C=O) groups is 1. The van der Waals surface area contributed by atoms with Crippen molar-refractivity contribution in [3.8, 4) is 0 Å². The van der Waals surface area contributed by atoms with Crippen LogP contribution in [0.25, 0.3) is 0 Å². The van der Waals surface area contributed by atoms with Gasteiger partial charge in [-0.1, -0.05) is 6.92 Å². The monoisotopic (exact) mass is 297 g/mol. The number of ether oxygens (including phenoxy) is 1. The van der Waals surface area contributed by atoms with Crippen LogP contribution in [-0.4, -0.2) is 46.8 Å². The average molecular weight is 297 g/mol. The Balaban J connectivity index is 1.88. The zero-order valence-electron chi connectivity index (χ0n) is 12.1. The minimum atomic E-state index is -0.859. The summed E-state index contributed by atoms with van der Waals surface area (Å²) in [7, 11) is 0. The van der Waals surface area contributed by atoms with Crippen LogP contribution in [0.3, 0.4) is 0 Å². The van der Waals surface area contributed by atoms with Gasteiger partial charge in [-0.25, -0.2) is 14.4 Å². The smallest absolute Gasteiger partial charge is 0.305 e. The summed E-state index contributed by atoms with van der Waals surface area (Å²) in [6.07, 6.45) is 3.47. The number of hydrogen-bond donors (Lipinski definition) is 1. The summed E-state index contributed by atoms with van der Waals surface area (Å²) in [4.78, 5) is 20.3. The van der Waals surface area contributed by atoms with Gasteiger partial charge in [-0.3, -0.25) is 4.79 Å². The van der Waals surface area contributed by atoms with Crippen molar-refractivity contribution in [1.82, 2.24) is 9.97 Å². The van der Waals surface area contributed by atoms with E-state index in [0.29, 0.717) is 31.0 Å². The van der Waals surface area contributed by atoms with Gasteiger partial charge in [0.05, 0.1) is 24.8 Å². The molecule has 7 heteroatoms. The highest BCUT2D eigenvalue weighted by Gasteiger charge is 2.23. The highest BCUT2D eigenvalue weighted by molar-refractivity contribution is 5.66. The first-order chi connectivity index (χ1) is 10.1. The lowest BCUT2D eigenvalue weighted by Crippen LogP contribution is -2.38. The van der Waals surface area contributed by atoms with Gasteiger partial charge in [0.25, 0.3) is 0 Å². The number of anilines is 1. The molecule has 1 aromatic rings.